The monoisotopic (exact) mass is 288 g/mol. The van der Waals surface area contributed by atoms with E-state index >= 15 is 0 Å². The van der Waals surface area contributed by atoms with Crippen LogP contribution in [0.4, 0.5) is 0 Å². The van der Waals surface area contributed by atoms with Crippen molar-refractivity contribution in [2.75, 3.05) is 33.4 Å². The summed E-state index contributed by atoms with van der Waals surface area (Å²) in [4.78, 5) is 11.8. The van der Waals surface area contributed by atoms with Crippen LogP contribution in [0.1, 0.15) is 23.4 Å². The van der Waals surface area contributed by atoms with Gasteiger partial charge in [-0.3, -0.25) is 4.79 Å². The molecule has 0 bridgehead atoms. The number of piperidine rings is 1. The summed E-state index contributed by atoms with van der Waals surface area (Å²) >= 11 is 0. The molecule has 1 aromatic heterocycles. The predicted molar refractivity (Wildman–Crippen MR) is 74.7 cm³/mol. The zero-order chi connectivity index (χ0) is 12.8. The summed E-state index contributed by atoms with van der Waals surface area (Å²) in [6.07, 6.45) is 3.53. The highest BCUT2D eigenvalue weighted by molar-refractivity contribution is 5.91. The van der Waals surface area contributed by atoms with Gasteiger partial charge in [0, 0.05) is 19.1 Å². The number of furan rings is 1. The molecule has 0 atom stereocenters. The molecule has 2 rings (SSSR count). The molecule has 0 unspecified atom stereocenters. The Labute approximate surface area is 119 Å². The average molecular weight is 289 g/mol. The van der Waals surface area contributed by atoms with Crippen LogP contribution >= 0.6 is 12.4 Å². The van der Waals surface area contributed by atoms with E-state index in [-0.39, 0.29) is 23.7 Å². The lowest BCUT2D eigenvalue weighted by molar-refractivity contribution is 0.0506. The van der Waals surface area contributed by atoms with Crippen molar-refractivity contribution in [3.63, 3.8) is 0 Å². The van der Waals surface area contributed by atoms with E-state index in [1.807, 2.05) is 0 Å². The van der Waals surface area contributed by atoms with E-state index in [9.17, 15) is 4.79 Å². The molecule has 1 saturated heterocycles. The summed E-state index contributed by atoms with van der Waals surface area (Å²) in [6.45, 7) is 3.25. The molecule has 1 aromatic rings. The standard InChI is InChI=1S/C13H20N2O3.ClH/c1-17-10-13(4-6-14-7-5-13)9-15-12(16)11-3-2-8-18-11;/h2-3,8,14H,4-7,9-10H2,1H3,(H,15,16);1H. The van der Waals surface area contributed by atoms with E-state index in [2.05, 4.69) is 10.6 Å². The third kappa shape index (κ3) is 4.23. The van der Waals surface area contributed by atoms with Gasteiger partial charge in [-0.25, -0.2) is 0 Å². The number of rotatable bonds is 5. The van der Waals surface area contributed by atoms with Gasteiger partial charge in [-0.2, -0.15) is 0 Å². The van der Waals surface area contributed by atoms with E-state index < -0.39 is 0 Å². The maximum absolute atomic E-state index is 11.8. The molecule has 1 fully saturated rings. The molecule has 108 valence electrons. The van der Waals surface area contributed by atoms with Crippen molar-refractivity contribution in [2.24, 2.45) is 5.41 Å². The first-order valence-electron chi connectivity index (χ1n) is 6.27. The third-order valence-electron chi connectivity index (χ3n) is 3.48. The highest BCUT2D eigenvalue weighted by Gasteiger charge is 2.32. The van der Waals surface area contributed by atoms with Gasteiger partial charge in [-0.05, 0) is 38.1 Å². The Morgan fingerprint density at radius 3 is 2.84 bits per heavy atom. The second-order valence-electron chi connectivity index (χ2n) is 4.84. The summed E-state index contributed by atoms with van der Waals surface area (Å²) in [5.74, 6) is 0.200. The highest BCUT2D eigenvalue weighted by atomic mass is 35.5. The van der Waals surface area contributed by atoms with Gasteiger partial charge < -0.3 is 19.8 Å². The number of hydrogen-bond acceptors (Lipinski definition) is 4. The number of methoxy groups -OCH3 is 1. The topological polar surface area (TPSA) is 63.5 Å². The fourth-order valence-electron chi connectivity index (χ4n) is 2.40. The number of halogens is 1. The van der Waals surface area contributed by atoms with E-state index in [1.165, 1.54) is 6.26 Å². The van der Waals surface area contributed by atoms with Gasteiger partial charge in [0.15, 0.2) is 5.76 Å². The smallest absolute Gasteiger partial charge is 0.286 e. The molecular weight excluding hydrogens is 268 g/mol. The molecule has 5 nitrogen and oxygen atoms in total. The Morgan fingerprint density at radius 1 is 1.53 bits per heavy atom. The molecule has 19 heavy (non-hydrogen) atoms. The van der Waals surface area contributed by atoms with Crippen LogP contribution in [-0.4, -0.2) is 39.3 Å². The minimum absolute atomic E-state index is 0. The van der Waals surface area contributed by atoms with Gasteiger partial charge >= 0.3 is 0 Å². The number of carbonyl (C=O) groups excluding carboxylic acids is 1. The average Bonchev–Trinajstić information content (AvgIpc) is 2.91. The van der Waals surface area contributed by atoms with E-state index in [0.717, 1.165) is 25.9 Å². The summed E-state index contributed by atoms with van der Waals surface area (Å²) in [7, 11) is 1.71. The van der Waals surface area contributed by atoms with Crippen molar-refractivity contribution in [1.29, 1.82) is 0 Å². The van der Waals surface area contributed by atoms with Crippen LogP contribution in [0.5, 0.6) is 0 Å². The first-order chi connectivity index (χ1) is 8.76. The van der Waals surface area contributed by atoms with E-state index in [1.54, 1.807) is 19.2 Å². The van der Waals surface area contributed by atoms with Gasteiger partial charge in [0.05, 0.1) is 12.9 Å². The van der Waals surface area contributed by atoms with Crippen molar-refractivity contribution in [2.45, 2.75) is 12.8 Å². The zero-order valence-corrected chi connectivity index (χ0v) is 11.9. The molecule has 0 saturated carbocycles. The molecular formula is C13H21ClN2O3. The van der Waals surface area contributed by atoms with Crippen LogP contribution in [0.3, 0.4) is 0 Å². The second-order valence-corrected chi connectivity index (χ2v) is 4.84. The van der Waals surface area contributed by atoms with Gasteiger partial charge in [-0.15, -0.1) is 12.4 Å². The minimum Gasteiger partial charge on any atom is -0.459 e. The van der Waals surface area contributed by atoms with Crippen LogP contribution in [0.15, 0.2) is 22.8 Å². The predicted octanol–water partition coefficient (Wildman–Crippen LogP) is 1.45. The fraction of sp³-hybridized carbons (Fsp3) is 0.615. The number of ether oxygens (including phenoxy) is 1. The molecule has 1 aliphatic heterocycles. The van der Waals surface area contributed by atoms with Gasteiger partial charge in [0.1, 0.15) is 0 Å². The molecule has 0 radical (unpaired) electrons. The van der Waals surface area contributed by atoms with Gasteiger partial charge in [-0.1, -0.05) is 0 Å². The molecule has 2 N–H and O–H groups in total. The molecule has 1 aliphatic rings. The number of nitrogens with one attached hydrogen (secondary N) is 2. The SMILES string of the molecule is COCC1(CNC(=O)c2ccco2)CCNCC1.Cl. The van der Waals surface area contributed by atoms with Crippen LogP contribution in [0, 0.1) is 5.41 Å². The van der Waals surface area contributed by atoms with Crippen molar-refractivity contribution >= 4 is 18.3 Å². The molecule has 6 heteroatoms. The van der Waals surface area contributed by atoms with Crippen LogP contribution in [0.25, 0.3) is 0 Å². The lowest BCUT2D eigenvalue weighted by atomic mass is 9.79. The minimum atomic E-state index is -0.158. The van der Waals surface area contributed by atoms with Crippen LogP contribution < -0.4 is 10.6 Å². The lowest BCUT2D eigenvalue weighted by Gasteiger charge is -2.37. The molecule has 0 spiro atoms. The van der Waals surface area contributed by atoms with Crippen LogP contribution in [0.2, 0.25) is 0 Å². The normalized spacial score (nSPS) is 17.5. The summed E-state index contributed by atoms with van der Waals surface area (Å²) in [5.41, 5.74) is 0.0439. The summed E-state index contributed by atoms with van der Waals surface area (Å²) in [5, 5.41) is 6.27. The van der Waals surface area contributed by atoms with Crippen molar-refractivity contribution in [1.82, 2.24) is 10.6 Å². The first-order valence-corrected chi connectivity index (χ1v) is 6.27. The van der Waals surface area contributed by atoms with E-state index in [4.69, 9.17) is 9.15 Å². The molecule has 0 aliphatic carbocycles. The van der Waals surface area contributed by atoms with Gasteiger partial charge in [0.2, 0.25) is 0 Å². The largest absolute Gasteiger partial charge is 0.459 e. The van der Waals surface area contributed by atoms with Crippen molar-refractivity contribution in [3.05, 3.63) is 24.2 Å². The number of carbonyl (C=O) groups is 1. The van der Waals surface area contributed by atoms with Crippen molar-refractivity contribution in [3.8, 4) is 0 Å². The Hall–Kier alpha value is -1.04. The lowest BCUT2D eigenvalue weighted by Crippen LogP contribution is -2.47. The highest BCUT2D eigenvalue weighted by Crippen LogP contribution is 2.28. The van der Waals surface area contributed by atoms with Crippen LogP contribution in [-0.2, 0) is 4.74 Å². The molecule has 2 heterocycles. The Bertz CT molecular complexity index is 370. The Balaban J connectivity index is 0.00000180. The Morgan fingerprint density at radius 2 is 2.26 bits per heavy atom. The number of hydrogen-bond donors (Lipinski definition) is 2. The number of amides is 1. The quantitative estimate of drug-likeness (QED) is 0.861. The Kier molecular flexibility index (Phi) is 6.34. The third-order valence-corrected chi connectivity index (χ3v) is 3.48. The fourth-order valence-corrected chi connectivity index (χ4v) is 2.40. The zero-order valence-electron chi connectivity index (χ0n) is 11.1. The van der Waals surface area contributed by atoms with E-state index in [0.29, 0.717) is 18.9 Å². The summed E-state index contributed by atoms with van der Waals surface area (Å²) < 4.78 is 10.4. The first kappa shape index (κ1) is 16.0. The maximum atomic E-state index is 11.8. The van der Waals surface area contributed by atoms with Gasteiger partial charge in [0.25, 0.3) is 5.91 Å². The summed E-state index contributed by atoms with van der Waals surface area (Å²) in [6, 6.07) is 3.38. The molecule has 1 amide bonds. The molecule has 0 aromatic carbocycles. The maximum Gasteiger partial charge on any atom is 0.286 e. The van der Waals surface area contributed by atoms with Crippen molar-refractivity contribution < 1.29 is 13.9 Å². The second kappa shape index (κ2) is 7.53.